The molecule has 39 heavy (non-hydrogen) atoms. The molecule has 9 heteroatoms. The molecule has 0 fully saturated rings. The summed E-state index contributed by atoms with van der Waals surface area (Å²) in [5.74, 6) is -0.701. The topological polar surface area (TPSA) is 68.2 Å². The predicted octanol–water partition coefficient (Wildman–Crippen LogP) is 7.61. The Morgan fingerprint density at radius 1 is 1.00 bits per heavy atom. The third-order valence-electron chi connectivity index (χ3n) is 7.09. The van der Waals surface area contributed by atoms with Gasteiger partial charge in [-0.15, -0.1) is 11.3 Å². The Hall–Kier alpha value is -3.10. The number of aromatic nitrogens is 1. The summed E-state index contributed by atoms with van der Waals surface area (Å²) in [6.07, 6.45) is 7.17. The van der Waals surface area contributed by atoms with E-state index in [-0.39, 0.29) is 4.21 Å². The second-order valence-electron chi connectivity index (χ2n) is 9.60. The fourth-order valence-corrected chi connectivity index (χ4v) is 8.13. The summed E-state index contributed by atoms with van der Waals surface area (Å²) in [6.45, 7) is 0.569. The van der Waals surface area contributed by atoms with E-state index in [9.17, 15) is 13.2 Å². The molecular weight excluding hydrogens is 571 g/mol. The lowest BCUT2D eigenvalue weighted by Gasteiger charge is -2.17. The summed E-state index contributed by atoms with van der Waals surface area (Å²) < 4.78 is 31.2. The molecule has 0 unspecified atom stereocenters. The minimum atomic E-state index is -3.99. The molecule has 6 rings (SSSR count). The van der Waals surface area contributed by atoms with Gasteiger partial charge in [0.05, 0.1) is 5.52 Å². The van der Waals surface area contributed by atoms with E-state index in [1.54, 1.807) is 18.2 Å². The zero-order valence-corrected chi connectivity index (χ0v) is 23.9. The van der Waals surface area contributed by atoms with Crippen molar-refractivity contribution in [3.63, 3.8) is 0 Å². The maximum absolute atomic E-state index is 12.9. The lowest BCUT2D eigenvalue weighted by molar-refractivity contribution is -0.114. The highest BCUT2D eigenvalue weighted by atomic mass is 35.5. The summed E-state index contributed by atoms with van der Waals surface area (Å²) in [5, 5.41) is 3.16. The maximum atomic E-state index is 12.9. The largest absolute Gasteiger partial charge is 0.339 e. The summed E-state index contributed by atoms with van der Waals surface area (Å²) in [6, 6.07) is 20.5. The molecule has 0 aliphatic heterocycles. The van der Waals surface area contributed by atoms with Gasteiger partial charge < -0.3 is 4.57 Å². The maximum Gasteiger partial charge on any atom is 0.273 e. The molecule has 0 atom stereocenters. The van der Waals surface area contributed by atoms with Crippen molar-refractivity contribution in [1.29, 1.82) is 0 Å². The number of nitrogens with zero attached hydrogens (tertiary/aromatic N) is 1. The van der Waals surface area contributed by atoms with Crippen LogP contribution in [0, 0.1) is 0 Å². The first-order valence-corrected chi connectivity index (χ1v) is 15.7. The number of halogens is 2. The third kappa shape index (κ3) is 5.12. The second kappa shape index (κ2) is 10.5. The van der Waals surface area contributed by atoms with Crippen molar-refractivity contribution in [3.05, 3.63) is 105 Å². The molecule has 0 saturated carbocycles. The Morgan fingerprint density at radius 3 is 2.64 bits per heavy atom. The van der Waals surface area contributed by atoms with Gasteiger partial charge in [-0.25, -0.2) is 13.1 Å². The van der Waals surface area contributed by atoms with Gasteiger partial charge in [-0.1, -0.05) is 65.7 Å². The number of benzene rings is 3. The molecule has 0 saturated heterocycles. The van der Waals surface area contributed by atoms with Gasteiger partial charge in [0.1, 0.15) is 4.21 Å². The highest BCUT2D eigenvalue weighted by Gasteiger charge is 2.23. The van der Waals surface area contributed by atoms with E-state index >= 15 is 0 Å². The Kier molecular flexibility index (Phi) is 7.02. The number of thiophene rings is 1. The number of hydrogen-bond acceptors (Lipinski definition) is 4. The second-order valence-corrected chi connectivity index (χ2v) is 13.4. The van der Waals surface area contributed by atoms with E-state index in [0.29, 0.717) is 16.6 Å². The highest BCUT2D eigenvalue weighted by Crippen LogP contribution is 2.36. The number of nitrogens with one attached hydrogen (secondary N) is 1. The minimum Gasteiger partial charge on any atom is -0.339 e. The van der Waals surface area contributed by atoms with Gasteiger partial charge in [-0.05, 0) is 78.1 Å². The molecule has 1 aliphatic carbocycles. The van der Waals surface area contributed by atoms with Crippen LogP contribution in [-0.2, 0) is 34.2 Å². The van der Waals surface area contributed by atoms with Crippen molar-refractivity contribution in [3.8, 4) is 0 Å². The minimum absolute atomic E-state index is 0.106. The van der Waals surface area contributed by atoms with Crippen molar-refractivity contribution in [2.75, 3.05) is 0 Å². The number of amides is 1. The van der Waals surface area contributed by atoms with E-state index in [1.807, 2.05) is 48.5 Å². The van der Waals surface area contributed by atoms with Gasteiger partial charge in [-0.2, -0.15) is 0 Å². The van der Waals surface area contributed by atoms with Crippen molar-refractivity contribution < 1.29 is 13.2 Å². The first-order chi connectivity index (χ1) is 18.8. The molecule has 5 nitrogen and oxygen atoms in total. The van der Waals surface area contributed by atoms with E-state index in [4.69, 9.17) is 23.2 Å². The van der Waals surface area contributed by atoms with Crippen LogP contribution in [0.25, 0.3) is 27.1 Å². The van der Waals surface area contributed by atoms with E-state index in [2.05, 4.69) is 15.4 Å². The highest BCUT2D eigenvalue weighted by molar-refractivity contribution is 7.92. The van der Waals surface area contributed by atoms with Crippen LogP contribution in [0.2, 0.25) is 10.0 Å². The van der Waals surface area contributed by atoms with Crippen LogP contribution in [0.3, 0.4) is 0 Å². The van der Waals surface area contributed by atoms with Crippen LogP contribution < -0.4 is 4.72 Å². The van der Waals surface area contributed by atoms with Crippen molar-refractivity contribution in [2.45, 2.75) is 36.4 Å². The average Bonchev–Trinajstić information content (AvgIpc) is 3.50. The van der Waals surface area contributed by atoms with Crippen LogP contribution in [0.4, 0.5) is 0 Å². The van der Waals surface area contributed by atoms with Gasteiger partial charge in [-0.3, -0.25) is 4.79 Å². The van der Waals surface area contributed by atoms with Crippen LogP contribution in [-0.4, -0.2) is 18.9 Å². The van der Waals surface area contributed by atoms with Gasteiger partial charge in [0.2, 0.25) is 0 Å². The Morgan fingerprint density at radius 2 is 1.82 bits per heavy atom. The standard InChI is InChI=1S/C30H24Cl2N2O3S2/c31-22-14-12-21(25(32)17-22)18-34-26-10-3-2-8-23(26)24-9-5-7-19(30(24)34)13-15-28(35)33-39(36,37)29-16-20-6-1-4-11-27(20)38-29/h1,4-7,9,11-17H,2-3,8,10,18H2,(H,33,35)/b15-13+. The fraction of sp³-hybridized carbons (Fsp3) is 0.167. The lowest BCUT2D eigenvalue weighted by Crippen LogP contribution is -2.28. The molecule has 0 spiro atoms. The summed E-state index contributed by atoms with van der Waals surface area (Å²) in [5.41, 5.74) is 5.40. The van der Waals surface area contributed by atoms with Crippen LogP contribution in [0.5, 0.6) is 0 Å². The van der Waals surface area contributed by atoms with Crippen LogP contribution >= 0.6 is 34.5 Å². The van der Waals surface area contributed by atoms with Crippen LogP contribution in [0.15, 0.2) is 77.0 Å². The van der Waals surface area contributed by atoms with Crippen LogP contribution in [0.1, 0.15) is 35.2 Å². The van der Waals surface area contributed by atoms with Gasteiger partial charge in [0.15, 0.2) is 0 Å². The summed E-state index contributed by atoms with van der Waals surface area (Å²) in [7, 11) is -3.99. The number of hydrogen-bond donors (Lipinski definition) is 1. The van der Waals surface area contributed by atoms with Gasteiger partial charge >= 0.3 is 0 Å². The monoisotopic (exact) mass is 594 g/mol. The van der Waals surface area contributed by atoms with Gasteiger partial charge in [0.25, 0.3) is 15.9 Å². The van der Waals surface area contributed by atoms with Crippen molar-refractivity contribution in [1.82, 2.24) is 9.29 Å². The zero-order chi connectivity index (χ0) is 27.1. The molecule has 1 aliphatic rings. The number of carbonyl (C=O) groups excluding carboxylic acids is 1. The van der Waals surface area contributed by atoms with Crippen molar-refractivity contribution >= 4 is 77.5 Å². The molecule has 1 N–H and O–H groups in total. The molecule has 1 amide bonds. The number of sulfonamides is 1. The fourth-order valence-electron chi connectivity index (χ4n) is 5.32. The molecule has 0 bridgehead atoms. The van der Waals surface area contributed by atoms with E-state index in [0.717, 1.165) is 69.1 Å². The molecular formula is C30H24Cl2N2O3S2. The SMILES string of the molecule is O=C(/C=C/c1cccc2c3c(n(Cc4ccc(Cl)cc4Cl)c12)CCCC3)NS(=O)(=O)c1cc2ccccc2s1. The number of aryl methyl sites for hydroxylation is 1. The molecule has 2 aromatic heterocycles. The summed E-state index contributed by atoms with van der Waals surface area (Å²) in [4.78, 5) is 12.8. The third-order valence-corrected chi connectivity index (χ3v) is 10.6. The number of para-hydroxylation sites is 1. The predicted molar refractivity (Wildman–Crippen MR) is 160 cm³/mol. The quantitative estimate of drug-likeness (QED) is 0.206. The van der Waals surface area contributed by atoms with Gasteiger partial charge in [0, 0.05) is 38.4 Å². The number of rotatable bonds is 6. The molecule has 0 radical (unpaired) electrons. The molecule has 2 heterocycles. The first-order valence-electron chi connectivity index (χ1n) is 12.6. The number of fused-ring (bicyclic) bond motifs is 4. The molecule has 3 aromatic carbocycles. The Bertz CT molecular complexity index is 1850. The lowest BCUT2D eigenvalue weighted by atomic mass is 9.95. The Balaban J connectivity index is 1.34. The first kappa shape index (κ1) is 26.1. The summed E-state index contributed by atoms with van der Waals surface area (Å²) >= 11 is 13.8. The van der Waals surface area contributed by atoms with E-state index in [1.165, 1.54) is 17.3 Å². The average molecular weight is 596 g/mol. The molecule has 198 valence electrons. The zero-order valence-electron chi connectivity index (χ0n) is 20.8. The smallest absolute Gasteiger partial charge is 0.273 e. The molecule has 5 aromatic rings. The van der Waals surface area contributed by atoms with E-state index < -0.39 is 15.9 Å². The van der Waals surface area contributed by atoms with Crippen molar-refractivity contribution in [2.24, 2.45) is 0 Å². The Labute approximate surface area is 240 Å². The normalized spacial score (nSPS) is 13.8. The number of carbonyl (C=O) groups is 1.